The topological polar surface area (TPSA) is 69.2 Å². The number of hydrogen-bond acceptors (Lipinski definition) is 6. The minimum Gasteiger partial charge on any atom is -0.493 e. The van der Waals surface area contributed by atoms with E-state index in [2.05, 4.69) is 28.3 Å². The predicted molar refractivity (Wildman–Crippen MR) is 104 cm³/mol. The molecule has 0 fully saturated rings. The molecule has 1 aliphatic heterocycles. The molecule has 1 atom stereocenters. The maximum absolute atomic E-state index is 5.96. The average molecular weight is 362 g/mol. The Kier molecular flexibility index (Phi) is 4.87. The van der Waals surface area contributed by atoms with Gasteiger partial charge in [-0.1, -0.05) is 19.1 Å². The SMILES string of the molecule is CCc1cc(NC2COc3c(cccc3OC)C2)nc(-c2ccncc2)n1. The Morgan fingerprint density at radius 1 is 1.19 bits per heavy atom. The van der Waals surface area contributed by atoms with Gasteiger partial charge in [-0.15, -0.1) is 0 Å². The molecule has 0 aliphatic carbocycles. The largest absolute Gasteiger partial charge is 0.493 e. The summed E-state index contributed by atoms with van der Waals surface area (Å²) in [7, 11) is 1.66. The summed E-state index contributed by atoms with van der Waals surface area (Å²) in [6, 6.07) is 12.0. The number of benzene rings is 1. The van der Waals surface area contributed by atoms with E-state index in [0.717, 1.165) is 47.0 Å². The summed E-state index contributed by atoms with van der Waals surface area (Å²) in [6.45, 7) is 2.65. The predicted octanol–water partition coefficient (Wildman–Crippen LogP) is 3.53. The van der Waals surface area contributed by atoms with E-state index in [9.17, 15) is 0 Å². The molecule has 2 aromatic heterocycles. The third kappa shape index (κ3) is 3.69. The zero-order valence-electron chi connectivity index (χ0n) is 15.5. The molecule has 6 heteroatoms. The zero-order chi connectivity index (χ0) is 18.6. The molecule has 4 rings (SSSR count). The first-order valence-electron chi connectivity index (χ1n) is 9.10. The number of anilines is 1. The summed E-state index contributed by atoms with van der Waals surface area (Å²) < 4.78 is 11.4. The molecule has 0 saturated carbocycles. The van der Waals surface area contributed by atoms with Gasteiger partial charge in [-0.05, 0) is 31.0 Å². The molecular formula is C21H22N4O2. The van der Waals surface area contributed by atoms with Crippen LogP contribution < -0.4 is 14.8 Å². The maximum atomic E-state index is 5.96. The number of ether oxygens (including phenoxy) is 2. The van der Waals surface area contributed by atoms with Crippen LogP contribution >= 0.6 is 0 Å². The van der Waals surface area contributed by atoms with E-state index in [4.69, 9.17) is 14.5 Å². The van der Waals surface area contributed by atoms with Gasteiger partial charge >= 0.3 is 0 Å². The number of aryl methyl sites for hydroxylation is 1. The standard InChI is InChI=1S/C21H22N4O2/c1-3-16-12-19(25-21(24-16)14-7-9-22-10-8-14)23-17-11-15-5-4-6-18(26-2)20(15)27-13-17/h4-10,12,17H,3,11,13H2,1-2H3,(H,23,24,25). The monoisotopic (exact) mass is 362 g/mol. The van der Waals surface area contributed by atoms with Gasteiger partial charge in [-0.3, -0.25) is 4.98 Å². The molecule has 1 unspecified atom stereocenters. The molecule has 1 N–H and O–H groups in total. The van der Waals surface area contributed by atoms with Crippen molar-refractivity contribution in [3.8, 4) is 22.9 Å². The maximum Gasteiger partial charge on any atom is 0.164 e. The summed E-state index contributed by atoms with van der Waals surface area (Å²) in [5, 5.41) is 3.51. The van der Waals surface area contributed by atoms with Crippen LogP contribution in [0.4, 0.5) is 5.82 Å². The first-order valence-corrected chi connectivity index (χ1v) is 9.10. The number of nitrogens with one attached hydrogen (secondary N) is 1. The van der Waals surface area contributed by atoms with Crippen LogP contribution in [0.5, 0.6) is 11.5 Å². The molecule has 27 heavy (non-hydrogen) atoms. The van der Waals surface area contributed by atoms with Crippen molar-refractivity contribution in [1.29, 1.82) is 0 Å². The normalized spacial score (nSPS) is 15.6. The van der Waals surface area contributed by atoms with E-state index in [1.54, 1.807) is 19.5 Å². The van der Waals surface area contributed by atoms with Gasteiger partial charge in [0.05, 0.1) is 13.2 Å². The van der Waals surface area contributed by atoms with Crippen molar-refractivity contribution in [3.63, 3.8) is 0 Å². The number of pyridine rings is 1. The van der Waals surface area contributed by atoms with Crippen LogP contribution in [0.1, 0.15) is 18.2 Å². The van der Waals surface area contributed by atoms with Gasteiger partial charge in [0, 0.05) is 35.3 Å². The fourth-order valence-electron chi connectivity index (χ4n) is 3.24. The second-order valence-corrected chi connectivity index (χ2v) is 6.46. The molecule has 3 aromatic rings. The van der Waals surface area contributed by atoms with Crippen LogP contribution in [-0.2, 0) is 12.8 Å². The van der Waals surface area contributed by atoms with Gasteiger partial charge in [0.15, 0.2) is 17.3 Å². The van der Waals surface area contributed by atoms with Gasteiger partial charge in [0.25, 0.3) is 0 Å². The number of rotatable bonds is 5. The number of fused-ring (bicyclic) bond motifs is 1. The summed E-state index contributed by atoms with van der Waals surface area (Å²) in [5.74, 6) is 3.14. The van der Waals surface area contributed by atoms with Crippen LogP contribution in [-0.4, -0.2) is 34.7 Å². The van der Waals surface area contributed by atoms with E-state index in [1.165, 1.54) is 0 Å². The second kappa shape index (κ2) is 7.61. The molecule has 6 nitrogen and oxygen atoms in total. The van der Waals surface area contributed by atoms with E-state index in [0.29, 0.717) is 12.4 Å². The van der Waals surface area contributed by atoms with Crippen LogP contribution in [0.2, 0.25) is 0 Å². The van der Waals surface area contributed by atoms with Gasteiger partial charge in [0.1, 0.15) is 12.4 Å². The third-order valence-corrected chi connectivity index (χ3v) is 4.61. The van der Waals surface area contributed by atoms with Crippen molar-refractivity contribution >= 4 is 5.82 Å². The highest BCUT2D eigenvalue weighted by atomic mass is 16.5. The first-order chi connectivity index (χ1) is 13.3. The van der Waals surface area contributed by atoms with Crippen molar-refractivity contribution in [1.82, 2.24) is 15.0 Å². The molecule has 0 radical (unpaired) electrons. The van der Waals surface area contributed by atoms with Gasteiger partial charge < -0.3 is 14.8 Å². The summed E-state index contributed by atoms with van der Waals surface area (Å²) in [6.07, 6.45) is 5.20. The molecule has 3 heterocycles. The van der Waals surface area contributed by atoms with Crippen molar-refractivity contribution in [2.75, 3.05) is 19.0 Å². The van der Waals surface area contributed by atoms with E-state index in [-0.39, 0.29) is 6.04 Å². The second-order valence-electron chi connectivity index (χ2n) is 6.46. The minimum absolute atomic E-state index is 0.134. The van der Waals surface area contributed by atoms with Crippen molar-refractivity contribution in [3.05, 3.63) is 60.0 Å². The summed E-state index contributed by atoms with van der Waals surface area (Å²) in [4.78, 5) is 13.4. The van der Waals surface area contributed by atoms with Crippen molar-refractivity contribution in [2.45, 2.75) is 25.8 Å². The quantitative estimate of drug-likeness (QED) is 0.749. The lowest BCUT2D eigenvalue weighted by Crippen LogP contribution is -2.33. The average Bonchev–Trinajstić information content (AvgIpc) is 2.73. The Bertz CT molecular complexity index is 931. The van der Waals surface area contributed by atoms with Gasteiger partial charge in [-0.2, -0.15) is 0 Å². The summed E-state index contributed by atoms with van der Waals surface area (Å²) >= 11 is 0. The lowest BCUT2D eigenvalue weighted by atomic mass is 10.0. The lowest BCUT2D eigenvalue weighted by Gasteiger charge is -2.27. The number of aromatic nitrogens is 3. The van der Waals surface area contributed by atoms with E-state index < -0.39 is 0 Å². The Hall–Kier alpha value is -3.15. The fourth-order valence-corrected chi connectivity index (χ4v) is 3.24. The molecule has 1 aromatic carbocycles. The zero-order valence-corrected chi connectivity index (χ0v) is 15.5. The Balaban J connectivity index is 1.58. The van der Waals surface area contributed by atoms with E-state index in [1.807, 2.05) is 30.3 Å². The minimum atomic E-state index is 0.134. The molecule has 0 bridgehead atoms. The molecule has 138 valence electrons. The third-order valence-electron chi connectivity index (χ3n) is 4.61. The van der Waals surface area contributed by atoms with Crippen LogP contribution in [0.25, 0.3) is 11.4 Å². The molecule has 0 saturated heterocycles. The smallest absolute Gasteiger partial charge is 0.164 e. The van der Waals surface area contributed by atoms with Gasteiger partial charge in [-0.25, -0.2) is 9.97 Å². The van der Waals surface area contributed by atoms with Crippen molar-refractivity contribution in [2.24, 2.45) is 0 Å². The molecule has 1 aliphatic rings. The highest BCUT2D eigenvalue weighted by Crippen LogP contribution is 2.35. The van der Waals surface area contributed by atoms with Crippen LogP contribution in [0, 0.1) is 0 Å². The first kappa shape index (κ1) is 17.3. The molecule has 0 spiro atoms. The van der Waals surface area contributed by atoms with E-state index >= 15 is 0 Å². The van der Waals surface area contributed by atoms with Crippen LogP contribution in [0.15, 0.2) is 48.8 Å². The lowest BCUT2D eigenvalue weighted by molar-refractivity contribution is 0.256. The number of nitrogens with zero attached hydrogens (tertiary/aromatic N) is 3. The van der Waals surface area contributed by atoms with Crippen LogP contribution in [0.3, 0.4) is 0 Å². The summed E-state index contributed by atoms with van der Waals surface area (Å²) in [5.41, 5.74) is 3.09. The number of para-hydroxylation sites is 1. The number of hydrogen-bond donors (Lipinski definition) is 1. The Morgan fingerprint density at radius 2 is 2.04 bits per heavy atom. The fraction of sp³-hybridized carbons (Fsp3) is 0.286. The molecule has 0 amide bonds. The number of methoxy groups -OCH3 is 1. The Labute approximate surface area is 158 Å². The van der Waals surface area contributed by atoms with Crippen molar-refractivity contribution < 1.29 is 9.47 Å². The highest BCUT2D eigenvalue weighted by molar-refractivity contribution is 5.57. The van der Waals surface area contributed by atoms with Gasteiger partial charge in [0.2, 0.25) is 0 Å². The Morgan fingerprint density at radius 3 is 2.81 bits per heavy atom. The highest BCUT2D eigenvalue weighted by Gasteiger charge is 2.23. The molecular weight excluding hydrogens is 340 g/mol.